The number of primary sulfonamides is 1. The first-order chi connectivity index (χ1) is 11.8. The highest BCUT2D eigenvalue weighted by Gasteiger charge is 2.14. The SMILES string of the molecule is C[C@H](Oc1cccc(Cl)c1)C(=O)NCCc1ccc(S(N)(=O)=O)cc1. The topological polar surface area (TPSA) is 98.5 Å². The van der Waals surface area contributed by atoms with Gasteiger partial charge in [-0.3, -0.25) is 4.79 Å². The number of benzene rings is 2. The fraction of sp³-hybridized carbons (Fsp3) is 0.235. The second kappa shape index (κ2) is 8.33. The van der Waals surface area contributed by atoms with E-state index in [0.717, 1.165) is 5.56 Å². The molecule has 0 heterocycles. The lowest BCUT2D eigenvalue weighted by molar-refractivity contribution is -0.127. The Morgan fingerprint density at radius 3 is 2.52 bits per heavy atom. The number of nitrogens with one attached hydrogen (secondary N) is 1. The minimum absolute atomic E-state index is 0.0591. The number of amides is 1. The molecule has 134 valence electrons. The maximum absolute atomic E-state index is 12.0. The summed E-state index contributed by atoms with van der Waals surface area (Å²) in [5.41, 5.74) is 0.885. The van der Waals surface area contributed by atoms with Crippen LogP contribution < -0.4 is 15.2 Å². The zero-order chi connectivity index (χ0) is 18.4. The number of rotatable bonds is 7. The summed E-state index contributed by atoms with van der Waals surface area (Å²) in [6.07, 6.45) is -0.108. The molecule has 0 saturated heterocycles. The Morgan fingerprint density at radius 2 is 1.92 bits per heavy atom. The van der Waals surface area contributed by atoms with Gasteiger partial charge in [-0.1, -0.05) is 29.8 Å². The van der Waals surface area contributed by atoms with Gasteiger partial charge in [-0.2, -0.15) is 0 Å². The number of halogens is 1. The Hall–Kier alpha value is -2.09. The number of carbonyl (C=O) groups is 1. The maximum atomic E-state index is 12.0. The van der Waals surface area contributed by atoms with Crippen molar-refractivity contribution >= 4 is 27.5 Å². The van der Waals surface area contributed by atoms with Gasteiger partial charge in [0, 0.05) is 11.6 Å². The molecule has 0 aromatic heterocycles. The molecule has 8 heteroatoms. The minimum atomic E-state index is -3.69. The van der Waals surface area contributed by atoms with Gasteiger partial charge in [0.2, 0.25) is 10.0 Å². The van der Waals surface area contributed by atoms with Crippen LogP contribution in [0, 0.1) is 0 Å². The zero-order valence-corrected chi connectivity index (χ0v) is 15.2. The second-order valence-electron chi connectivity index (χ2n) is 5.45. The molecule has 2 aromatic rings. The molecule has 0 aliphatic heterocycles. The average Bonchev–Trinajstić information content (AvgIpc) is 2.54. The molecule has 0 fully saturated rings. The van der Waals surface area contributed by atoms with Gasteiger partial charge < -0.3 is 10.1 Å². The first-order valence-electron chi connectivity index (χ1n) is 7.57. The molecule has 25 heavy (non-hydrogen) atoms. The molecule has 2 rings (SSSR count). The molecule has 3 N–H and O–H groups in total. The molecule has 2 aromatic carbocycles. The normalized spacial score (nSPS) is 12.4. The summed E-state index contributed by atoms with van der Waals surface area (Å²) >= 11 is 5.87. The van der Waals surface area contributed by atoms with E-state index in [1.54, 1.807) is 43.3 Å². The Bertz CT molecular complexity index is 838. The van der Waals surface area contributed by atoms with Crippen molar-refractivity contribution in [2.75, 3.05) is 6.54 Å². The fourth-order valence-corrected chi connectivity index (χ4v) is 2.81. The van der Waals surface area contributed by atoms with Crippen molar-refractivity contribution in [3.8, 4) is 5.75 Å². The maximum Gasteiger partial charge on any atom is 0.260 e. The molecular weight excluding hydrogens is 364 g/mol. The van der Waals surface area contributed by atoms with Gasteiger partial charge in [0.1, 0.15) is 5.75 Å². The number of hydrogen-bond donors (Lipinski definition) is 2. The quantitative estimate of drug-likeness (QED) is 0.766. The van der Waals surface area contributed by atoms with Crippen molar-refractivity contribution in [1.29, 1.82) is 0 Å². The molecule has 0 radical (unpaired) electrons. The Kier molecular flexibility index (Phi) is 6.41. The van der Waals surface area contributed by atoms with Crippen LogP contribution in [0.1, 0.15) is 12.5 Å². The van der Waals surface area contributed by atoms with E-state index in [2.05, 4.69) is 5.32 Å². The van der Waals surface area contributed by atoms with Crippen LogP contribution in [0.15, 0.2) is 53.4 Å². The van der Waals surface area contributed by atoms with Crippen molar-refractivity contribution in [2.24, 2.45) is 5.14 Å². The monoisotopic (exact) mass is 382 g/mol. The predicted molar refractivity (Wildman–Crippen MR) is 96.1 cm³/mol. The van der Waals surface area contributed by atoms with Gasteiger partial charge in [-0.15, -0.1) is 0 Å². The first-order valence-corrected chi connectivity index (χ1v) is 9.50. The molecular formula is C17H19ClN2O4S. The highest BCUT2D eigenvalue weighted by atomic mass is 35.5. The third kappa shape index (κ3) is 6.04. The van der Waals surface area contributed by atoms with Gasteiger partial charge >= 0.3 is 0 Å². The van der Waals surface area contributed by atoms with E-state index in [1.807, 2.05) is 0 Å². The Balaban J connectivity index is 1.81. The molecule has 0 bridgehead atoms. The van der Waals surface area contributed by atoms with Crippen LogP contribution in [0.3, 0.4) is 0 Å². The molecule has 0 aliphatic rings. The van der Waals surface area contributed by atoms with Gasteiger partial charge in [0.05, 0.1) is 4.90 Å². The van der Waals surface area contributed by atoms with Crippen molar-refractivity contribution in [3.63, 3.8) is 0 Å². The van der Waals surface area contributed by atoms with E-state index >= 15 is 0 Å². The third-order valence-electron chi connectivity index (χ3n) is 3.44. The van der Waals surface area contributed by atoms with E-state index in [0.29, 0.717) is 23.7 Å². The number of ether oxygens (including phenoxy) is 1. The molecule has 0 aliphatic carbocycles. The van der Waals surface area contributed by atoms with E-state index in [4.69, 9.17) is 21.5 Å². The van der Waals surface area contributed by atoms with Crippen LogP contribution in [-0.4, -0.2) is 27.0 Å². The lowest BCUT2D eigenvalue weighted by Gasteiger charge is -2.15. The van der Waals surface area contributed by atoms with Gasteiger partial charge in [-0.05, 0) is 49.2 Å². The molecule has 0 saturated carbocycles. The minimum Gasteiger partial charge on any atom is -0.481 e. The predicted octanol–water partition coefficient (Wildman–Crippen LogP) is 2.11. The van der Waals surface area contributed by atoms with Crippen LogP contribution >= 0.6 is 11.6 Å². The van der Waals surface area contributed by atoms with E-state index in [1.165, 1.54) is 12.1 Å². The summed E-state index contributed by atoms with van der Waals surface area (Å²) in [5, 5.41) is 8.35. The fourth-order valence-electron chi connectivity index (χ4n) is 2.12. The van der Waals surface area contributed by atoms with Gasteiger partial charge in [0.15, 0.2) is 6.10 Å². The standard InChI is InChI=1S/C17H19ClN2O4S/c1-12(24-15-4-2-3-14(18)11-15)17(21)20-10-9-13-5-7-16(8-6-13)25(19,22)23/h2-8,11-12H,9-10H2,1H3,(H,20,21)(H2,19,22,23)/t12-/m0/s1. The Labute approximate surface area is 152 Å². The molecule has 0 spiro atoms. The third-order valence-corrected chi connectivity index (χ3v) is 4.61. The van der Waals surface area contributed by atoms with Crippen LogP contribution in [0.25, 0.3) is 0 Å². The summed E-state index contributed by atoms with van der Waals surface area (Å²) in [7, 11) is -3.69. The second-order valence-corrected chi connectivity index (χ2v) is 7.45. The van der Waals surface area contributed by atoms with Crippen molar-refractivity contribution in [2.45, 2.75) is 24.3 Å². The first kappa shape index (κ1) is 19.2. The van der Waals surface area contributed by atoms with Crippen LogP contribution in [0.5, 0.6) is 5.75 Å². The molecule has 0 unspecified atom stereocenters. The largest absolute Gasteiger partial charge is 0.481 e. The van der Waals surface area contributed by atoms with E-state index < -0.39 is 16.1 Å². The van der Waals surface area contributed by atoms with Crippen molar-refractivity contribution in [3.05, 3.63) is 59.1 Å². The van der Waals surface area contributed by atoms with Gasteiger partial charge in [0.25, 0.3) is 5.91 Å². The van der Waals surface area contributed by atoms with E-state index in [-0.39, 0.29) is 10.8 Å². The summed E-state index contributed by atoms with van der Waals surface area (Å²) in [6, 6.07) is 13.0. The number of sulfonamides is 1. The van der Waals surface area contributed by atoms with Gasteiger partial charge in [-0.25, -0.2) is 13.6 Å². The van der Waals surface area contributed by atoms with E-state index in [9.17, 15) is 13.2 Å². The van der Waals surface area contributed by atoms with Crippen LogP contribution in [0.2, 0.25) is 5.02 Å². The van der Waals surface area contributed by atoms with Crippen LogP contribution in [-0.2, 0) is 21.2 Å². The average molecular weight is 383 g/mol. The smallest absolute Gasteiger partial charge is 0.260 e. The number of hydrogen-bond acceptors (Lipinski definition) is 4. The van der Waals surface area contributed by atoms with Crippen LogP contribution in [0.4, 0.5) is 0 Å². The summed E-state index contributed by atoms with van der Waals surface area (Å²) < 4.78 is 27.9. The Morgan fingerprint density at radius 1 is 1.24 bits per heavy atom. The number of nitrogens with two attached hydrogens (primary N) is 1. The summed E-state index contributed by atoms with van der Waals surface area (Å²) in [5.74, 6) is 0.273. The van der Waals surface area contributed by atoms with Crippen molar-refractivity contribution in [1.82, 2.24) is 5.32 Å². The molecule has 6 nitrogen and oxygen atoms in total. The lowest BCUT2D eigenvalue weighted by atomic mass is 10.1. The van der Waals surface area contributed by atoms with Crippen molar-refractivity contribution < 1.29 is 17.9 Å². The highest BCUT2D eigenvalue weighted by molar-refractivity contribution is 7.89. The summed E-state index contributed by atoms with van der Waals surface area (Å²) in [4.78, 5) is 12.1. The summed E-state index contributed by atoms with van der Waals surface area (Å²) in [6.45, 7) is 2.05. The molecule has 1 amide bonds. The molecule has 1 atom stereocenters. The zero-order valence-electron chi connectivity index (χ0n) is 13.6. The number of carbonyl (C=O) groups excluding carboxylic acids is 1. The lowest BCUT2D eigenvalue weighted by Crippen LogP contribution is -2.37. The highest BCUT2D eigenvalue weighted by Crippen LogP contribution is 2.18.